The van der Waals surface area contributed by atoms with E-state index in [1.165, 1.54) is 11.9 Å². The van der Waals surface area contributed by atoms with Crippen molar-refractivity contribution in [3.05, 3.63) is 67.1 Å². The molecule has 0 amide bonds. The molecule has 1 aromatic carbocycles. The number of benzene rings is 1. The molecule has 8 heteroatoms. The Hall–Kier alpha value is -3.55. The van der Waals surface area contributed by atoms with Gasteiger partial charge in [-0.05, 0) is 37.6 Å². The molecule has 136 valence electrons. The van der Waals surface area contributed by atoms with Gasteiger partial charge in [0.05, 0.1) is 24.1 Å². The summed E-state index contributed by atoms with van der Waals surface area (Å²) in [4.78, 5) is 12.9. The zero-order valence-corrected chi connectivity index (χ0v) is 15.2. The first-order chi connectivity index (χ1) is 13.2. The first kappa shape index (κ1) is 16.9. The maximum Gasteiger partial charge on any atom is 0.223 e. The number of aryl methyl sites for hydroxylation is 1. The topological polar surface area (TPSA) is 86.3 Å². The highest BCUT2D eigenvalue weighted by molar-refractivity contribution is 5.59. The number of hydrogen-bond donors (Lipinski definition) is 1. The van der Waals surface area contributed by atoms with Gasteiger partial charge in [0.25, 0.3) is 0 Å². The van der Waals surface area contributed by atoms with Crippen LogP contribution in [0.2, 0.25) is 0 Å². The fourth-order valence-electron chi connectivity index (χ4n) is 2.83. The van der Waals surface area contributed by atoms with E-state index in [0.29, 0.717) is 12.5 Å². The van der Waals surface area contributed by atoms with Crippen LogP contribution >= 0.6 is 0 Å². The van der Waals surface area contributed by atoms with Gasteiger partial charge in [-0.25, -0.2) is 19.6 Å². The lowest BCUT2D eigenvalue weighted by Gasteiger charge is -2.13. The summed E-state index contributed by atoms with van der Waals surface area (Å²) >= 11 is 0. The largest absolute Gasteiger partial charge is 0.350 e. The molecule has 0 spiro atoms. The summed E-state index contributed by atoms with van der Waals surface area (Å²) in [7, 11) is 0. The second kappa shape index (κ2) is 7.36. The summed E-state index contributed by atoms with van der Waals surface area (Å²) in [5, 5.41) is 11.9. The minimum atomic E-state index is 0.108. The maximum absolute atomic E-state index is 4.62. The number of aromatic nitrogens is 7. The van der Waals surface area contributed by atoms with Gasteiger partial charge in [-0.1, -0.05) is 12.1 Å². The molecule has 0 radical (unpaired) electrons. The molecule has 1 atom stereocenters. The Kier molecular flexibility index (Phi) is 4.61. The van der Waals surface area contributed by atoms with E-state index in [4.69, 9.17) is 0 Å². The van der Waals surface area contributed by atoms with Gasteiger partial charge in [0, 0.05) is 24.0 Å². The molecule has 8 nitrogen and oxygen atoms in total. The highest BCUT2D eigenvalue weighted by Gasteiger charge is 2.09. The second-order valence-corrected chi connectivity index (χ2v) is 6.44. The van der Waals surface area contributed by atoms with E-state index in [9.17, 15) is 0 Å². The van der Waals surface area contributed by atoms with E-state index >= 15 is 0 Å². The van der Waals surface area contributed by atoms with Gasteiger partial charge in [0.15, 0.2) is 0 Å². The van der Waals surface area contributed by atoms with E-state index in [-0.39, 0.29) is 6.04 Å². The van der Waals surface area contributed by atoms with Crippen molar-refractivity contribution in [1.29, 1.82) is 0 Å². The van der Waals surface area contributed by atoms with Crippen molar-refractivity contribution in [2.24, 2.45) is 0 Å². The minimum absolute atomic E-state index is 0.108. The predicted octanol–water partition coefficient (Wildman–Crippen LogP) is 2.73. The smallest absolute Gasteiger partial charge is 0.223 e. The second-order valence-electron chi connectivity index (χ2n) is 6.44. The number of rotatable bonds is 6. The van der Waals surface area contributed by atoms with Crippen LogP contribution in [0.4, 0.5) is 5.95 Å². The van der Waals surface area contributed by atoms with E-state index in [1.807, 2.05) is 42.2 Å². The molecule has 27 heavy (non-hydrogen) atoms. The summed E-state index contributed by atoms with van der Waals surface area (Å²) in [5.74, 6) is 0.573. The first-order valence-corrected chi connectivity index (χ1v) is 8.71. The molecule has 0 bridgehead atoms. The summed E-state index contributed by atoms with van der Waals surface area (Å²) in [6.45, 7) is 4.79. The van der Waals surface area contributed by atoms with Gasteiger partial charge in [-0.2, -0.15) is 10.2 Å². The molecule has 1 N–H and O–H groups in total. The highest BCUT2D eigenvalue weighted by Crippen LogP contribution is 2.19. The molecule has 4 rings (SSSR count). The Morgan fingerprint density at radius 2 is 2.11 bits per heavy atom. The van der Waals surface area contributed by atoms with E-state index in [2.05, 4.69) is 49.5 Å². The molecule has 0 aliphatic carbocycles. The van der Waals surface area contributed by atoms with Crippen LogP contribution < -0.4 is 5.32 Å². The summed E-state index contributed by atoms with van der Waals surface area (Å²) in [5.41, 5.74) is 3.97. The molecule has 3 heterocycles. The SMILES string of the molecule is Cc1cccc(-n2cc(-c3ccnc(NC(C)Cn4cncn4)n3)cn2)c1. The van der Waals surface area contributed by atoms with Crippen molar-refractivity contribution in [2.45, 2.75) is 26.4 Å². The third-order valence-corrected chi connectivity index (χ3v) is 4.10. The standard InChI is InChI=1S/C19H20N8/c1-14-4-3-5-17(8-14)27-11-16(9-22-27)18-6-7-21-19(25-18)24-15(2)10-26-13-20-12-23-26/h3-9,11-13,15H,10H2,1-2H3,(H,21,24,25). The Bertz CT molecular complexity index is 1020. The molecule has 0 fully saturated rings. The van der Waals surface area contributed by atoms with Crippen LogP contribution in [0.25, 0.3) is 16.9 Å². The third-order valence-electron chi connectivity index (χ3n) is 4.10. The molecule has 4 aromatic rings. The van der Waals surface area contributed by atoms with Crippen LogP contribution in [0.1, 0.15) is 12.5 Å². The molecule has 0 saturated heterocycles. The van der Waals surface area contributed by atoms with Gasteiger partial charge in [-0.15, -0.1) is 0 Å². The van der Waals surface area contributed by atoms with Crippen LogP contribution in [0.3, 0.4) is 0 Å². The quantitative estimate of drug-likeness (QED) is 0.569. The van der Waals surface area contributed by atoms with Crippen LogP contribution in [-0.2, 0) is 6.54 Å². The Labute approximate surface area is 156 Å². The molecular formula is C19H20N8. The zero-order chi connectivity index (χ0) is 18.6. The van der Waals surface area contributed by atoms with Gasteiger partial charge < -0.3 is 5.32 Å². The number of nitrogens with zero attached hydrogens (tertiary/aromatic N) is 7. The highest BCUT2D eigenvalue weighted by atomic mass is 15.3. The third kappa shape index (κ3) is 4.00. The average Bonchev–Trinajstić information content (AvgIpc) is 3.34. The van der Waals surface area contributed by atoms with Crippen molar-refractivity contribution >= 4 is 5.95 Å². The van der Waals surface area contributed by atoms with E-state index in [0.717, 1.165) is 16.9 Å². The van der Waals surface area contributed by atoms with Crippen molar-refractivity contribution in [1.82, 2.24) is 34.5 Å². The Morgan fingerprint density at radius 3 is 2.93 bits per heavy atom. The van der Waals surface area contributed by atoms with Gasteiger partial charge in [0.1, 0.15) is 12.7 Å². The molecular weight excluding hydrogens is 340 g/mol. The molecule has 0 saturated carbocycles. The number of anilines is 1. The lowest BCUT2D eigenvalue weighted by atomic mass is 10.2. The molecule has 0 aliphatic rings. The maximum atomic E-state index is 4.62. The van der Waals surface area contributed by atoms with Gasteiger partial charge in [0.2, 0.25) is 5.95 Å². The Morgan fingerprint density at radius 1 is 1.19 bits per heavy atom. The van der Waals surface area contributed by atoms with Crippen LogP contribution in [0.5, 0.6) is 0 Å². The average molecular weight is 360 g/mol. The van der Waals surface area contributed by atoms with E-state index < -0.39 is 0 Å². The summed E-state index contributed by atoms with van der Waals surface area (Å²) in [6, 6.07) is 10.2. The summed E-state index contributed by atoms with van der Waals surface area (Å²) < 4.78 is 3.62. The first-order valence-electron chi connectivity index (χ1n) is 8.71. The Balaban J connectivity index is 1.51. The van der Waals surface area contributed by atoms with Gasteiger partial charge >= 0.3 is 0 Å². The predicted molar refractivity (Wildman–Crippen MR) is 102 cm³/mol. The lowest BCUT2D eigenvalue weighted by molar-refractivity contribution is 0.557. The van der Waals surface area contributed by atoms with Crippen LogP contribution in [0.15, 0.2) is 61.6 Å². The van der Waals surface area contributed by atoms with Crippen LogP contribution in [0, 0.1) is 6.92 Å². The minimum Gasteiger partial charge on any atom is -0.350 e. The van der Waals surface area contributed by atoms with Crippen molar-refractivity contribution in [2.75, 3.05) is 5.32 Å². The summed E-state index contributed by atoms with van der Waals surface area (Å²) in [6.07, 6.45) is 8.74. The van der Waals surface area contributed by atoms with Gasteiger partial charge in [-0.3, -0.25) is 4.68 Å². The van der Waals surface area contributed by atoms with Crippen molar-refractivity contribution in [3.8, 4) is 16.9 Å². The normalized spacial score (nSPS) is 12.1. The van der Waals surface area contributed by atoms with E-state index in [1.54, 1.807) is 17.2 Å². The number of nitrogens with one attached hydrogen (secondary N) is 1. The fraction of sp³-hybridized carbons (Fsp3) is 0.211. The van der Waals surface area contributed by atoms with Crippen molar-refractivity contribution in [3.63, 3.8) is 0 Å². The monoisotopic (exact) mass is 360 g/mol. The molecule has 1 unspecified atom stereocenters. The molecule has 0 aliphatic heterocycles. The molecule has 3 aromatic heterocycles. The fourth-order valence-corrected chi connectivity index (χ4v) is 2.83. The number of hydrogen-bond acceptors (Lipinski definition) is 6. The van der Waals surface area contributed by atoms with Crippen LogP contribution in [-0.4, -0.2) is 40.6 Å². The lowest BCUT2D eigenvalue weighted by Crippen LogP contribution is -2.23. The zero-order valence-electron chi connectivity index (χ0n) is 15.2. The van der Waals surface area contributed by atoms with Crippen molar-refractivity contribution < 1.29 is 0 Å².